The molecule has 168 valence electrons. The zero-order valence-corrected chi connectivity index (χ0v) is 18.7. The van der Waals surface area contributed by atoms with Crippen molar-refractivity contribution in [2.75, 3.05) is 44.2 Å². The van der Waals surface area contributed by atoms with E-state index in [9.17, 15) is 14.0 Å². The first-order valence-corrected chi connectivity index (χ1v) is 10.9. The van der Waals surface area contributed by atoms with E-state index in [4.69, 9.17) is 5.26 Å². The summed E-state index contributed by atoms with van der Waals surface area (Å²) in [5.41, 5.74) is 3.44. The van der Waals surface area contributed by atoms with Crippen LogP contribution in [0.5, 0.6) is 0 Å². The van der Waals surface area contributed by atoms with Gasteiger partial charge in [-0.25, -0.2) is 4.39 Å². The topological polar surface area (TPSA) is 67.7 Å². The van der Waals surface area contributed by atoms with Gasteiger partial charge >= 0.3 is 0 Å². The summed E-state index contributed by atoms with van der Waals surface area (Å²) in [5, 5.41) is 9.06. The number of nitriles is 1. The molecule has 32 heavy (non-hydrogen) atoms. The normalized spacial score (nSPS) is 14.5. The van der Waals surface area contributed by atoms with Crippen LogP contribution in [-0.4, -0.2) is 60.9 Å². The molecule has 0 radical (unpaired) electrons. The Labute approximate surface area is 188 Å². The monoisotopic (exact) mass is 436 g/mol. The second-order valence-electron chi connectivity index (χ2n) is 8.10. The van der Waals surface area contributed by atoms with Gasteiger partial charge in [-0.15, -0.1) is 0 Å². The Morgan fingerprint density at radius 3 is 2.53 bits per heavy atom. The Hall–Kier alpha value is -3.24. The van der Waals surface area contributed by atoms with E-state index in [1.54, 1.807) is 9.80 Å². The van der Waals surface area contributed by atoms with Gasteiger partial charge < -0.3 is 9.80 Å². The SMILES string of the molecule is Cc1cccc(N(CCC#N)C(=O)CN2CCCN(C(=O)c3ccc(F)cc3)CC2)c1C. The van der Waals surface area contributed by atoms with E-state index >= 15 is 0 Å². The van der Waals surface area contributed by atoms with Crippen LogP contribution in [0, 0.1) is 31.0 Å². The van der Waals surface area contributed by atoms with Crippen LogP contribution < -0.4 is 4.90 Å². The smallest absolute Gasteiger partial charge is 0.253 e. The van der Waals surface area contributed by atoms with Crippen LogP contribution in [0.25, 0.3) is 0 Å². The third-order valence-electron chi connectivity index (χ3n) is 5.94. The van der Waals surface area contributed by atoms with Crippen molar-refractivity contribution >= 4 is 17.5 Å². The van der Waals surface area contributed by atoms with E-state index < -0.39 is 0 Å². The van der Waals surface area contributed by atoms with Gasteiger partial charge in [0.25, 0.3) is 5.91 Å². The average molecular weight is 437 g/mol. The summed E-state index contributed by atoms with van der Waals surface area (Å²) in [7, 11) is 0. The molecule has 0 saturated carbocycles. The number of hydrogen-bond acceptors (Lipinski definition) is 4. The Morgan fingerprint density at radius 2 is 1.81 bits per heavy atom. The molecule has 0 N–H and O–H groups in total. The largest absolute Gasteiger partial charge is 0.337 e. The molecule has 0 spiro atoms. The number of amides is 2. The summed E-state index contributed by atoms with van der Waals surface area (Å²) in [4.78, 5) is 31.5. The van der Waals surface area contributed by atoms with Crippen LogP contribution in [-0.2, 0) is 4.79 Å². The van der Waals surface area contributed by atoms with Crippen LogP contribution in [0.15, 0.2) is 42.5 Å². The van der Waals surface area contributed by atoms with Gasteiger partial charge in [-0.05, 0) is 61.7 Å². The lowest BCUT2D eigenvalue weighted by atomic mass is 10.1. The minimum atomic E-state index is -0.369. The summed E-state index contributed by atoms with van der Waals surface area (Å²) in [6.45, 7) is 6.96. The van der Waals surface area contributed by atoms with E-state index in [2.05, 4.69) is 11.0 Å². The van der Waals surface area contributed by atoms with E-state index in [0.29, 0.717) is 38.3 Å². The van der Waals surface area contributed by atoms with Crippen LogP contribution in [0.3, 0.4) is 0 Å². The molecule has 0 aliphatic carbocycles. The molecular formula is C25H29FN4O2. The Kier molecular flexibility index (Phi) is 7.96. The molecule has 0 bridgehead atoms. The number of hydrogen-bond donors (Lipinski definition) is 0. The standard InChI is InChI=1S/C25H29FN4O2/c1-19-6-3-7-23(20(19)2)30(15-4-12-27)24(31)18-28-13-5-14-29(17-16-28)25(32)21-8-10-22(26)11-9-21/h3,6-11H,4-5,13-18H2,1-2H3. The zero-order valence-electron chi connectivity index (χ0n) is 18.7. The number of halogens is 1. The number of nitrogens with zero attached hydrogens (tertiary/aromatic N) is 4. The molecule has 1 aliphatic rings. The fraction of sp³-hybridized carbons (Fsp3) is 0.400. The molecule has 2 aromatic carbocycles. The molecule has 3 rings (SSSR count). The highest BCUT2D eigenvalue weighted by atomic mass is 19.1. The fourth-order valence-corrected chi connectivity index (χ4v) is 3.95. The van der Waals surface area contributed by atoms with Crippen molar-refractivity contribution in [3.63, 3.8) is 0 Å². The first-order chi connectivity index (χ1) is 15.4. The molecule has 0 atom stereocenters. The summed E-state index contributed by atoms with van der Waals surface area (Å²) >= 11 is 0. The highest BCUT2D eigenvalue weighted by Gasteiger charge is 2.24. The van der Waals surface area contributed by atoms with Crippen molar-refractivity contribution in [3.8, 4) is 6.07 Å². The number of carbonyl (C=O) groups is 2. The van der Waals surface area contributed by atoms with Crippen molar-refractivity contribution in [2.45, 2.75) is 26.7 Å². The predicted octanol–water partition coefficient (Wildman–Crippen LogP) is 3.54. The van der Waals surface area contributed by atoms with Crippen LogP contribution in [0.1, 0.15) is 34.3 Å². The van der Waals surface area contributed by atoms with Crippen LogP contribution in [0.2, 0.25) is 0 Å². The summed E-state index contributed by atoms with van der Waals surface area (Å²) in [6.07, 6.45) is 1.01. The first-order valence-electron chi connectivity index (χ1n) is 10.9. The zero-order chi connectivity index (χ0) is 23.1. The quantitative estimate of drug-likeness (QED) is 0.695. The van der Waals surface area contributed by atoms with Crippen LogP contribution >= 0.6 is 0 Å². The van der Waals surface area contributed by atoms with Crippen molar-refractivity contribution in [3.05, 3.63) is 65.0 Å². The van der Waals surface area contributed by atoms with Crippen molar-refractivity contribution in [1.29, 1.82) is 5.26 Å². The Balaban J connectivity index is 1.66. The maximum absolute atomic E-state index is 13.2. The van der Waals surface area contributed by atoms with Gasteiger partial charge in [-0.1, -0.05) is 12.1 Å². The Morgan fingerprint density at radius 1 is 1.06 bits per heavy atom. The van der Waals surface area contributed by atoms with Crippen molar-refractivity contribution < 1.29 is 14.0 Å². The van der Waals surface area contributed by atoms with E-state index in [1.807, 2.05) is 32.0 Å². The van der Waals surface area contributed by atoms with Gasteiger partial charge in [0.15, 0.2) is 0 Å². The highest BCUT2D eigenvalue weighted by Crippen LogP contribution is 2.23. The first kappa shape index (κ1) is 23.4. The lowest BCUT2D eigenvalue weighted by Crippen LogP contribution is -2.43. The summed E-state index contributed by atoms with van der Waals surface area (Å²) in [5.74, 6) is -0.539. The van der Waals surface area contributed by atoms with E-state index in [1.165, 1.54) is 24.3 Å². The fourth-order valence-electron chi connectivity index (χ4n) is 3.95. The molecule has 7 heteroatoms. The lowest BCUT2D eigenvalue weighted by Gasteiger charge is -2.28. The molecule has 6 nitrogen and oxygen atoms in total. The number of carbonyl (C=O) groups excluding carboxylic acids is 2. The minimum absolute atomic E-state index is 0.0488. The van der Waals surface area contributed by atoms with Gasteiger partial charge in [-0.2, -0.15) is 5.26 Å². The number of rotatable bonds is 6. The molecule has 1 fully saturated rings. The molecule has 0 unspecified atom stereocenters. The average Bonchev–Trinajstić information content (AvgIpc) is 3.02. The lowest BCUT2D eigenvalue weighted by molar-refractivity contribution is -0.119. The van der Waals surface area contributed by atoms with E-state index in [0.717, 1.165) is 23.2 Å². The van der Waals surface area contributed by atoms with Crippen molar-refractivity contribution in [1.82, 2.24) is 9.80 Å². The molecule has 1 heterocycles. The van der Waals surface area contributed by atoms with Gasteiger partial charge in [0.1, 0.15) is 5.82 Å². The number of aryl methyl sites for hydroxylation is 1. The number of benzene rings is 2. The minimum Gasteiger partial charge on any atom is -0.337 e. The van der Waals surface area contributed by atoms with Gasteiger partial charge in [0.2, 0.25) is 5.91 Å². The number of anilines is 1. The predicted molar refractivity (Wildman–Crippen MR) is 122 cm³/mol. The van der Waals surface area contributed by atoms with E-state index in [-0.39, 0.29) is 30.6 Å². The second kappa shape index (κ2) is 10.9. The molecular weight excluding hydrogens is 407 g/mol. The molecule has 2 aromatic rings. The van der Waals surface area contributed by atoms with Gasteiger partial charge in [0, 0.05) is 44.0 Å². The molecule has 0 aromatic heterocycles. The maximum atomic E-state index is 13.2. The highest BCUT2D eigenvalue weighted by molar-refractivity contribution is 5.96. The summed E-state index contributed by atoms with van der Waals surface area (Å²) in [6, 6.07) is 13.6. The summed E-state index contributed by atoms with van der Waals surface area (Å²) < 4.78 is 13.2. The second-order valence-corrected chi connectivity index (χ2v) is 8.10. The molecule has 1 saturated heterocycles. The third kappa shape index (κ3) is 5.71. The maximum Gasteiger partial charge on any atom is 0.253 e. The van der Waals surface area contributed by atoms with Crippen LogP contribution in [0.4, 0.5) is 10.1 Å². The third-order valence-corrected chi connectivity index (χ3v) is 5.94. The van der Waals surface area contributed by atoms with Crippen molar-refractivity contribution in [2.24, 2.45) is 0 Å². The molecule has 2 amide bonds. The molecule has 1 aliphatic heterocycles. The van der Waals surface area contributed by atoms with Gasteiger partial charge in [0.05, 0.1) is 19.0 Å². The van der Waals surface area contributed by atoms with Gasteiger partial charge in [-0.3, -0.25) is 14.5 Å². The Bertz CT molecular complexity index is 1000.